The number of amides is 1. The van der Waals surface area contributed by atoms with Crippen LogP contribution in [0.4, 0.5) is 0 Å². The number of aromatic amines is 1. The number of likely N-dealkylation sites (N-methyl/N-ethyl adjacent to an activating group) is 1. The molecule has 0 saturated carbocycles. The van der Waals surface area contributed by atoms with Crippen molar-refractivity contribution >= 4 is 29.7 Å². The van der Waals surface area contributed by atoms with E-state index in [4.69, 9.17) is 23.8 Å². The average Bonchev–Trinajstić information content (AvgIpc) is 3.07. The molecule has 0 aliphatic heterocycles. The maximum atomic E-state index is 13.3. The van der Waals surface area contributed by atoms with Crippen molar-refractivity contribution in [1.29, 1.82) is 0 Å². The van der Waals surface area contributed by atoms with Gasteiger partial charge in [-0.3, -0.25) is 14.5 Å². The highest BCUT2D eigenvalue weighted by molar-refractivity contribution is 7.71. The molecule has 3 rings (SSSR count). The minimum Gasteiger partial charge on any atom is -0.336 e. The Balaban J connectivity index is 1.83. The maximum absolute atomic E-state index is 13.3. The minimum atomic E-state index is -0.0161. The number of carbonyl (C=O) groups excluding carboxylic acids is 1. The second-order valence-corrected chi connectivity index (χ2v) is 8.37. The van der Waals surface area contributed by atoms with Crippen molar-refractivity contribution < 1.29 is 4.79 Å². The third-order valence-electron chi connectivity index (χ3n) is 4.82. The van der Waals surface area contributed by atoms with E-state index in [0.717, 1.165) is 23.2 Å². The first-order chi connectivity index (χ1) is 14.3. The van der Waals surface area contributed by atoms with E-state index in [1.54, 1.807) is 4.57 Å². The van der Waals surface area contributed by atoms with E-state index in [2.05, 4.69) is 15.1 Å². The summed E-state index contributed by atoms with van der Waals surface area (Å²) >= 11 is 11.4. The number of benzene rings is 2. The van der Waals surface area contributed by atoms with Crippen LogP contribution >= 0.6 is 23.8 Å². The van der Waals surface area contributed by atoms with Crippen LogP contribution in [0, 0.1) is 11.7 Å². The summed E-state index contributed by atoms with van der Waals surface area (Å²) in [7, 11) is 3.99. The number of carbonyl (C=O) groups is 1. The van der Waals surface area contributed by atoms with Gasteiger partial charge in [-0.15, -0.1) is 0 Å². The molecule has 0 unspecified atom stereocenters. The van der Waals surface area contributed by atoms with Crippen molar-refractivity contribution in [3.63, 3.8) is 0 Å². The average molecular weight is 444 g/mol. The Morgan fingerprint density at radius 3 is 2.40 bits per heavy atom. The number of H-pyrrole nitrogens is 1. The molecule has 6 nitrogen and oxygen atoms in total. The molecule has 8 heteroatoms. The summed E-state index contributed by atoms with van der Waals surface area (Å²) in [4.78, 5) is 17.2. The molecule has 1 amide bonds. The Morgan fingerprint density at radius 2 is 1.77 bits per heavy atom. The summed E-state index contributed by atoms with van der Waals surface area (Å²) < 4.78 is 2.19. The van der Waals surface area contributed by atoms with Gasteiger partial charge in [0.2, 0.25) is 5.91 Å². The van der Waals surface area contributed by atoms with Crippen molar-refractivity contribution in [2.75, 3.05) is 27.2 Å². The van der Waals surface area contributed by atoms with Gasteiger partial charge in [-0.25, -0.2) is 0 Å². The van der Waals surface area contributed by atoms with Gasteiger partial charge in [0, 0.05) is 30.2 Å². The quantitative estimate of drug-likeness (QED) is 0.531. The van der Waals surface area contributed by atoms with Crippen LogP contribution in [0.5, 0.6) is 0 Å². The molecule has 158 valence electrons. The summed E-state index contributed by atoms with van der Waals surface area (Å²) in [5.74, 6) is 0.644. The fraction of sp³-hybridized carbons (Fsp3) is 0.318. The fourth-order valence-electron chi connectivity index (χ4n) is 3.05. The highest BCUT2D eigenvalue weighted by Crippen LogP contribution is 2.19. The molecule has 0 aliphatic rings. The summed E-state index contributed by atoms with van der Waals surface area (Å²) in [5.41, 5.74) is 3.10. The molecular weight excluding hydrogens is 418 g/mol. The number of halogens is 1. The number of hydrogen-bond acceptors (Lipinski definition) is 4. The predicted molar refractivity (Wildman–Crippen MR) is 123 cm³/mol. The molecule has 0 radical (unpaired) electrons. The minimum absolute atomic E-state index is 0.0161. The lowest BCUT2D eigenvalue weighted by atomic mass is 10.1. The zero-order valence-electron chi connectivity index (χ0n) is 17.4. The molecule has 1 N–H and O–H groups in total. The first kappa shape index (κ1) is 22.2. The van der Waals surface area contributed by atoms with Crippen molar-refractivity contribution in [3.05, 3.63) is 69.5 Å². The normalized spacial score (nSPS) is 11.1. The summed E-state index contributed by atoms with van der Waals surface area (Å²) in [6, 6.07) is 15.6. The second-order valence-electron chi connectivity index (χ2n) is 7.55. The summed E-state index contributed by atoms with van der Waals surface area (Å²) in [6.45, 7) is 4.04. The van der Waals surface area contributed by atoms with Gasteiger partial charge in [0.1, 0.15) is 6.54 Å². The van der Waals surface area contributed by atoms with Crippen molar-refractivity contribution in [1.82, 2.24) is 24.6 Å². The molecular formula is C22H26ClN5OS. The second kappa shape index (κ2) is 10.0. The lowest BCUT2D eigenvalue weighted by Crippen LogP contribution is -2.38. The smallest absolute Gasteiger partial charge is 0.243 e. The largest absolute Gasteiger partial charge is 0.336 e. The van der Waals surface area contributed by atoms with Crippen LogP contribution < -0.4 is 0 Å². The number of rotatable bonds is 8. The molecule has 0 saturated heterocycles. The van der Waals surface area contributed by atoms with Crippen LogP contribution in [-0.4, -0.2) is 57.7 Å². The number of nitrogens with one attached hydrogen (secondary N) is 1. The fourth-order valence-corrected chi connectivity index (χ4v) is 3.37. The first-order valence-corrected chi connectivity index (χ1v) is 10.5. The molecule has 3 aromatic rings. The highest BCUT2D eigenvalue weighted by atomic mass is 35.5. The van der Waals surface area contributed by atoms with Crippen LogP contribution in [0.15, 0.2) is 48.5 Å². The first-order valence-electron chi connectivity index (χ1n) is 9.72. The Hall–Kier alpha value is -2.48. The highest BCUT2D eigenvalue weighted by Gasteiger charge is 2.18. The van der Waals surface area contributed by atoms with E-state index in [9.17, 15) is 4.79 Å². The maximum Gasteiger partial charge on any atom is 0.243 e. The monoisotopic (exact) mass is 443 g/mol. The van der Waals surface area contributed by atoms with Gasteiger partial charge in [-0.2, -0.15) is 5.10 Å². The van der Waals surface area contributed by atoms with Crippen molar-refractivity contribution in [2.45, 2.75) is 20.0 Å². The van der Waals surface area contributed by atoms with Gasteiger partial charge >= 0.3 is 0 Å². The molecule has 0 aliphatic carbocycles. The zero-order valence-corrected chi connectivity index (χ0v) is 19.0. The lowest BCUT2D eigenvalue weighted by Gasteiger charge is -2.25. The third-order valence-corrected chi connectivity index (χ3v) is 5.38. The van der Waals surface area contributed by atoms with E-state index >= 15 is 0 Å². The van der Waals surface area contributed by atoms with Crippen LogP contribution in [0.1, 0.15) is 11.1 Å². The Morgan fingerprint density at radius 1 is 1.10 bits per heavy atom. The summed E-state index contributed by atoms with van der Waals surface area (Å²) in [5, 5.41) is 7.85. The third kappa shape index (κ3) is 5.78. The standard InChI is InChI=1S/C22H26ClN5OS/c1-16-4-8-18(9-5-16)21-24-25-22(30)28(21)15-20(29)27(13-12-26(2)3)14-17-6-10-19(23)11-7-17/h4-11H,12-15H2,1-3H3,(H,25,30). The van der Waals surface area contributed by atoms with Crippen LogP contribution in [0.3, 0.4) is 0 Å². The molecule has 0 spiro atoms. The van der Waals surface area contributed by atoms with Crippen molar-refractivity contribution in [2.24, 2.45) is 0 Å². The van der Waals surface area contributed by atoms with Crippen LogP contribution in [0.25, 0.3) is 11.4 Å². The Bertz CT molecular complexity index is 1040. The zero-order chi connectivity index (χ0) is 21.7. The van der Waals surface area contributed by atoms with Gasteiger partial charge in [-0.05, 0) is 50.9 Å². The predicted octanol–water partition coefficient (Wildman–Crippen LogP) is 4.16. The molecule has 0 fully saturated rings. The van der Waals surface area contributed by atoms with Crippen LogP contribution in [0.2, 0.25) is 5.02 Å². The number of aryl methyl sites for hydroxylation is 1. The number of aromatic nitrogens is 3. The van der Waals surface area contributed by atoms with Gasteiger partial charge in [-0.1, -0.05) is 53.6 Å². The molecule has 30 heavy (non-hydrogen) atoms. The molecule has 2 aromatic carbocycles. The SMILES string of the molecule is Cc1ccc(-c2n[nH]c(=S)n2CC(=O)N(CCN(C)C)Cc2ccc(Cl)cc2)cc1. The van der Waals surface area contributed by atoms with E-state index in [0.29, 0.717) is 28.7 Å². The van der Waals surface area contributed by atoms with Gasteiger partial charge in [0.05, 0.1) is 0 Å². The van der Waals surface area contributed by atoms with Gasteiger partial charge < -0.3 is 9.80 Å². The Labute approximate surface area is 187 Å². The molecule has 1 aromatic heterocycles. The molecule has 0 bridgehead atoms. The van der Waals surface area contributed by atoms with E-state index in [1.807, 2.05) is 74.4 Å². The number of nitrogens with zero attached hydrogens (tertiary/aromatic N) is 4. The lowest BCUT2D eigenvalue weighted by molar-refractivity contribution is -0.132. The van der Waals surface area contributed by atoms with Crippen molar-refractivity contribution in [3.8, 4) is 11.4 Å². The van der Waals surface area contributed by atoms with E-state index in [-0.39, 0.29) is 12.5 Å². The van der Waals surface area contributed by atoms with Gasteiger partial charge in [0.15, 0.2) is 10.6 Å². The topological polar surface area (TPSA) is 57.2 Å². The van der Waals surface area contributed by atoms with Gasteiger partial charge in [0.25, 0.3) is 0 Å². The number of hydrogen-bond donors (Lipinski definition) is 1. The Kier molecular flexibility index (Phi) is 7.42. The molecule has 0 atom stereocenters. The van der Waals surface area contributed by atoms with E-state index < -0.39 is 0 Å². The molecule has 1 heterocycles. The summed E-state index contributed by atoms with van der Waals surface area (Å²) in [6.07, 6.45) is 0. The van der Waals surface area contributed by atoms with Crippen LogP contribution in [-0.2, 0) is 17.9 Å². The van der Waals surface area contributed by atoms with E-state index in [1.165, 1.54) is 0 Å².